The average Bonchev–Trinajstić information content (AvgIpc) is 3.21. The number of nitrogens with zero attached hydrogens (tertiary/aromatic N) is 7. The van der Waals surface area contributed by atoms with E-state index in [9.17, 15) is 0 Å². The van der Waals surface area contributed by atoms with Gasteiger partial charge in [0.25, 0.3) is 0 Å². The van der Waals surface area contributed by atoms with Gasteiger partial charge in [-0.1, -0.05) is 109 Å². The second-order valence-electron chi connectivity index (χ2n) is 11.9. The van der Waals surface area contributed by atoms with E-state index in [2.05, 4.69) is 41.4 Å². The van der Waals surface area contributed by atoms with Gasteiger partial charge in [0.05, 0.1) is 22.6 Å². The fourth-order valence-electron chi connectivity index (χ4n) is 6.19. The summed E-state index contributed by atoms with van der Waals surface area (Å²) in [6.07, 6.45) is 5.45. The lowest BCUT2D eigenvalue weighted by Crippen LogP contribution is -2.01. The van der Waals surface area contributed by atoms with Crippen LogP contribution in [0.4, 0.5) is 0 Å². The van der Waals surface area contributed by atoms with Crippen LogP contribution < -0.4 is 0 Å². The Morgan fingerprint density at radius 2 is 0.960 bits per heavy atom. The van der Waals surface area contributed by atoms with E-state index in [0.717, 1.165) is 66.6 Å². The molecule has 7 nitrogen and oxygen atoms in total. The Labute approximate surface area is 288 Å². The van der Waals surface area contributed by atoms with Crippen LogP contribution in [0.5, 0.6) is 0 Å². The standard InChI is InChI=1S/C43H27N7/c1-2-10-29(11-3-1)41-48-42(30-21-19-28(20-22-30)31-12-9-25-44-26-31)50-43(49-41)39-24-23-32(27-45-39)36-17-8-18-38(46-36)40-35-15-5-4-13-33(35)34-14-6-7-16-37(34)47-40/h1-27H. The number of rotatable bonds is 6. The minimum absolute atomic E-state index is 0.491. The summed E-state index contributed by atoms with van der Waals surface area (Å²) in [5.74, 6) is 1.64. The molecular formula is C43H27N7. The Hall–Kier alpha value is -6.99. The molecule has 0 fully saturated rings. The van der Waals surface area contributed by atoms with Crippen LogP contribution in [-0.2, 0) is 0 Å². The third kappa shape index (κ3) is 5.52. The number of para-hydroxylation sites is 1. The molecule has 9 rings (SSSR count). The predicted octanol–water partition coefficient (Wildman–Crippen LogP) is 9.76. The third-order valence-corrected chi connectivity index (χ3v) is 8.69. The van der Waals surface area contributed by atoms with Gasteiger partial charge in [0.2, 0.25) is 0 Å². The van der Waals surface area contributed by atoms with E-state index in [-0.39, 0.29) is 0 Å². The molecule has 5 aromatic heterocycles. The summed E-state index contributed by atoms with van der Waals surface area (Å²) in [6.45, 7) is 0. The zero-order chi connectivity index (χ0) is 33.3. The average molecular weight is 642 g/mol. The highest BCUT2D eigenvalue weighted by molar-refractivity contribution is 6.10. The van der Waals surface area contributed by atoms with Crippen LogP contribution in [0, 0.1) is 0 Å². The molecule has 9 aromatic rings. The van der Waals surface area contributed by atoms with Gasteiger partial charge in [-0.25, -0.2) is 24.9 Å². The molecule has 0 aliphatic rings. The van der Waals surface area contributed by atoms with Gasteiger partial charge in [0.15, 0.2) is 17.5 Å². The molecule has 0 spiro atoms. The Kier molecular flexibility index (Phi) is 7.33. The van der Waals surface area contributed by atoms with E-state index in [1.807, 2.05) is 122 Å². The zero-order valence-electron chi connectivity index (χ0n) is 26.7. The van der Waals surface area contributed by atoms with Crippen molar-refractivity contribution in [3.8, 4) is 68.1 Å². The number of hydrogen-bond acceptors (Lipinski definition) is 7. The van der Waals surface area contributed by atoms with E-state index in [4.69, 9.17) is 29.9 Å². The second-order valence-corrected chi connectivity index (χ2v) is 11.9. The first-order valence-electron chi connectivity index (χ1n) is 16.3. The predicted molar refractivity (Wildman–Crippen MR) is 199 cm³/mol. The molecule has 50 heavy (non-hydrogen) atoms. The van der Waals surface area contributed by atoms with E-state index < -0.39 is 0 Å². The van der Waals surface area contributed by atoms with Crippen molar-refractivity contribution in [1.29, 1.82) is 0 Å². The summed E-state index contributed by atoms with van der Waals surface area (Å²) in [7, 11) is 0. The topological polar surface area (TPSA) is 90.2 Å². The second kappa shape index (κ2) is 12.6. The van der Waals surface area contributed by atoms with Crippen molar-refractivity contribution in [1.82, 2.24) is 34.9 Å². The number of fused-ring (bicyclic) bond motifs is 3. The maximum atomic E-state index is 5.06. The highest BCUT2D eigenvalue weighted by atomic mass is 15.0. The molecule has 0 N–H and O–H groups in total. The molecular weight excluding hydrogens is 615 g/mol. The van der Waals surface area contributed by atoms with Crippen molar-refractivity contribution >= 4 is 21.7 Å². The van der Waals surface area contributed by atoms with Crippen LogP contribution in [-0.4, -0.2) is 34.9 Å². The molecule has 0 saturated heterocycles. The van der Waals surface area contributed by atoms with E-state index in [1.165, 1.54) is 0 Å². The Morgan fingerprint density at radius 1 is 0.320 bits per heavy atom. The first kappa shape index (κ1) is 29.2. The Morgan fingerprint density at radius 3 is 1.72 bits per heavy atom. The van der Waals surface area contributed by atoms with Crippen LogP contribution in [0.1, 0.15) is 0 Å². The van der Waals surface area contributed by atoms with Gasteiger partial charge in [0, 0.05) is 46.1 Å². The fraction of sp³-hybridized carbons (Fsp3) is 0. The van der Waals surface area contributed by atoms with Gasteiger partial charge in [-0.2, -0.15) is 0 Å². The maximum Gasteiger partial charge on any atom is 0.182 e. The quantitative estimate of drug-likeness (QED) is 0.167. The fourth-order valence-corrected chi connectivity index (χ4v) is 6.19. The highest BCUT2D eigenvalue weighted by Gasteiger charge is 2.15. The molecule has 0 unspecified atom stereocenters. The van der Waals surface area contributed by atoms with Gasteiger partial charge >= 0.3 is 0 Å². The van der Waals surface area contributed by atoms with E-state index in [0.29, 0.717) is 23.2 Å². The third-order valence-electron chi connectivity index (χ3n) is 8.69. The summed E-state index contributed by atoms with van der Waals surface area (Å²) in [6, 6.07) is 48.6. The molecule has 0 amide bonds. The number of aromatic nitrogens is 7. The van der Waals surface area contributed by atoms with Crippen molar-refractivity contribution in [2.75, 3.05) is 0 Å². The van der Waals surface area contributed by atoms with E-state index in [1.54, 1.807) is 6.20 Å². The maximum absolute atomic E-state index is 5.06. The van der Waals surface area contributed by atoms with Gasteiger partial charge in [0.1, 0.15) is 5.69 Å². The molecule has 4 aromatic carbocycles. The summed E-state index contributed by atoms with van der Waals surface area (Å²) in [5, 5.41) is 3.35. The Bertz CT molecular complexity index is 2620. The molecule has 234 valence electrons. The van der Waals surface area contributed by atoms with Gasteiger partial charge in [-0.05, 0) is 52.9 Å². The van der Waals surface area contributed by atoms with Crippen LogP contribution >= 0.6 is 0 Å². The minimum atomic E-state index is 0.491. The molecule has 0 bridgehead atoms. The van der Waals surface area contributed by atoms with Crippen LogP contribution in [0.15, 0.2) is 164 Å². The lowest BCUT2D eigenvalue weighted by atomic mass is 10.0. The monoisotopic (exact) mass is 641 g/mol. The molecule has 0 aliphatic heterocycles. The highest BCUT2D eigenvalue weighted by Crippen LogP contribution is 2.33. The van der Waals surface area contributed by atoms with Crippen molar-refractivity contribution in [2.45, 2.75) is 0 Å². The van der Waals surface area contributed by atoms with Crippen molar-refractivity contribution in [2.24, 2.45) is 0 Å². The van der Waals surface area contributed by atoms with E-state index >= 15 is 0 Å². The van der Waals surface area contributed by atoms with Crippen LogP contribution in [0.3, 0.4) is 0 Å². The molecule has 0 saturated carbocycles. The van der Waals surface area contributed by atoms with Crippen molar-refractivity contribution in [3.63, 3.8) is 0 Å². The molecule has 7 heteroatoms. The lowest BCUT2D eigenvalue weighted by Gasteiger charge is -2.11. The molecule has 5 heterocycles. The number of benzene rings is 4. The Balaban J connectivity index is 1.08. The first-order chi connectivity index (χ1) is 24.8. The summed E-state index contributed by atoms with van der Waals surface area (Å²) in [4.78, 5) is 33.8. The summed E-state index contributed by atoms with van der Waals surface area (Å²) >= 11 is 0. The van der Waals surface area contributed by atoms with Gasteiger partial charge in [-0.3, -0.25) is 9.97 Å². The zero-order valence-corrected chi connectivity index (χ0v) is 26.7. The molecule has 0 radical (unpaired) electrons. The summed E-state index contributed by atoms with van der Waals surface area (Å²) < 4.78 is 0. The largest absolute Gasteiger partial charge is 0.264 e. The van der Waals surface area contributed by atoms with Crippen molar-refractivity contribution < 1.29 is 0 Å². The van der Waals surface area contributed by atoms with Crippen molar-refractivity contribution in [3.05, 3.63) is 164 Å². The number of hydrogen-bond donors (Lipinski definition) is 0. The van der Waals surface area contributed by atoms with Crippen LogP contribution in [0.2, 0.25) is 0 Å². The lowest BCUT2D eigenvalue weighted by molar-refractivity contribution is 1.06. The molecule has 0 atom stereocenters. The number of pyridine rings is 4. The minimum Gasteiger partial charge on any atom is -0.264 e. The SMILES string of the molecule is c1ccc(-c2nc(-c3ccc(-c4cccnc4)cc3)nc(-c3ccc(-c4cccc(-c5nc6ccccc6c6ccccc56)n4)cn3)n2)cc1. The summed E-state index contributed by atoms with van der Waals surface area (Å²) in [5.41, 5.74) is 8.81. The molecule has 0 aliphatic carbocycles. The first-order valence-corrected chi connectivity index (χ1v) is 16.3. The van der Waals surface area contributed by atoms with Gasteiger partial charge < -0.3 is 0 Å². The smallest absolute Gasteiger partial charge is 0.182 e. The van der Waals surface area contributed by atoms with Crippen LogP contribution in [0.25, 0.3) is 89.7 Å². The normalized spacial score (nSPS) is 11.2. The van der Waals surface area contributed by atoms with Gasteiger partial charge in [-0.15, -0.1) is 0 Å².